The summed E-state index contributed by atoms with van der Waals surface area (Å²) in [7, 11) is 0. The standard InChI is InChI=1S/C20H23N5O3/c26-18(21-13-17-23-22-16-9-2-1-5-11-24(16)17)10-6-12-25-19(27)14-7-3-4-8-15(14)20(25)28/h3-4,7-8H,1-2,5-6,9-13H2,(H,21,26). The van der Waals surface area contributed by atoms with Gasteiger partial charge < -0.3 is 9.88 Å². The lowest BCUT2D eigenvalue weighted by Crippen LogP contribution is -2.32. The van der Waals surface area contributed by atoms with E-state index >= 15 is 0 Å². The quantitative estimate of drug-likeness (QED) is 0.768. The molecule has 1 aromatic heterocycles. The van der Waals surface area contributed by atoms with Crippen molar-refractivity contribution in [3.63, 3.8) is 0 Å². The van der Waals surface area contributed by atoms with Crippen LogP contribution in [0.4, 0.5) is 0 Å². The fourth-order valence-electron chi connectivity index (χ4n) is 3.78. The third kappa shape index (κ3) is 3.54. The predicted molar refractivity (Wildman–Crippen MR) is 100 cm³/mol. The summed E-state index contributed by atoms with van der Waals surface area (Å²) in [5.41, 5.74) is 0.869. The molecule has 146 valence electrons. The Labute approximate surface area is 162 Å². The van der Waals surface area contributed by atoms with Crippen LogP contribution in [0.3, 0.4) is 0 Å². The molecule has 0 spiro atoms. The molecule has 0 saturated carbocycles. The van der Waals surface area contributed by atoms with Crippen LogP contribution in [0.1, 0.15) is 64.5 Å². The number of nitrogens with zero attached hydrogens (tertiary/aromatic N) is 4. The monoisotopic (exact) mass is 381 g/mol. The molecule has 3 heterocycles. The number of fused-ring (bicyclic) bond motifs is 2. The maximum atomic E-state index is 12.3. The molecule has 1 N–H and O–H groups in total. The Balaban J connectivity index is 1.25. The van der Waals surface area contributed by atoms with Crippen LogP contribution in [0.25, 0.3) is 0 Å². The summed E-state index contributed by atoms with van der Waals surface area (Å²) in [5, 5.41) is 11.3. The van der Waals surface area contributed by atoms with E-state index in [-0.39, 0.29) is 30.7 Å². The minimum Gasteiger partial charge on any atom is -0.349 e. The van der Waals surface area contributed by atoms with Crippen LogP contribution >= 0.6 is 0 Å². The molecular weight excluding hydrogens is 358 g/mol. The van der Waals surface area contributed by atoms with Gasteiger partial charge in [-0.1, -0.05) is 18.6 Å². The van der Waals surface area contributed by atoms with Gasteiger partial charge in [0, 0.05) is 25.9 Å². The molecule has 2 aliphatic rings. The van der Waals surface area contributed by atoms with Gasteiger partial charge in [-0.25, -0.2) is 0 Å². The van der Waals surface area contributed by atoms with Gasteiger partial charge in [-0.3, -0.25) is 19.3 Å². The Hall–Kier alpha value is -3.03. The predicted octanol–water partition coefficient (Wildman–Crippen LogP) is 1.70. The van der Waals surface area contributed by atoms with Crippen LogP contribution in [0, 0.1) is 0 Å². The zero-order valence-electron chi connectivity index (χ0n) is 15.7. The highest BCUT2D eigenvalue weighted by molar-refractivity contribution is 6.21. The van der Waals surface area contributed by atoms with Crippen molar-refractivity contribution in [3.05, 3.63) is 47.0 Å². The van der Waals surface area contributed by atoms with Crippen molar-refractivity contribution in [3.8, 4) is 0 Å². The van der Waals surface area contributed by atoms with E-state index in [1.807, 2.05) is 0 Å². The molecule has 0 radical (unpaired) electrons. The second kappa shape index (κ2) is 7.92. The summed E-state index contributed by atoms with van der Waals surface area (Å²) >= 11 is 0. The van der Waals surface area contributed by atoms with Gasteiger partial charge in [-0.2, -0.15) is 0 Å². The van der Waals surface area contributed by atoms with Gasteiger partial charge in [0.05, 0.1) is 17.7 Å². The van der Waals surface area contributed by atoms with Gasteiger partial charge in [-0.05, 0) is 31.4 Å². The lowest BCUT2D eigenvalue weighted by Gasteiger charge is -2.13. The molecule has 0 bridgehead atoms. The highest BCUT2D eigenvalue weighted by Crippen LogP contribution is 2.22. The summed E-state index contributed by atoms with van der Waals surface area (Å²) in [6.07, 6.45) is 5.02. The molecule has 0 unspecified atom stereocenters. The van der Waals surface area contributed by atoms with Crippen LogP contribution < -0.4 is 5.32 Å². The second-order valence-corrected chi connectivity index (χ2v) is 7.18. The van der Waals surface area contributed by atoms with Crippen LogP contribution in [0.15, 0.2) is 24.3 Å². The molecule has 0 aliphatic carbocycles. The molecule has 8 nitrogen and oxygen atoms in total. The molecule has 0 atom stereocenters. The minimum atomic E-state index is -0.285. The Bertz CT molecular complexity index is 885. The van der Waals surface area contributed by atoms with E-state index in [1.54, 1.807) is 24.3 Å². The van der Waals surface area contributed by atoms with Crippen molar-refractivity contribution < 1.29 is 14.4 Å². The molecule has 28 heavy (non-hydrogen) atoms. The van der Waals surface area contributed by atoms with Crippen molar-refractivity contribution in [2.24, 2.45) is 0 Å². The topological polar surface area (TPSA) is 97.2 Å². The number of imide groups is 1. The van der Waals surface area contributed by atoms with Crippen LogP contribution in [0.2, 0.25) is 0 Å². The third-order valence-electron chi connectivity index (χ3n) is 5.29. The number of amides is 3. The van der Waals surface area contributed by atoms with E-state index in [2.05, 4.69) is 20.1 Å². The molecule has 8 heteroatoms. The molecular formula is C20H23N5O3. The van der Waals surface area contributed by atoms with E-state index in [0.29, 0.717) is 24.1 Å². The fourth-order valence-corrected chi connectivity index (χ4v) is 3.78. The fraction of sp³-hybridized carbons (Fsp3) is 0.450. The summed E-state index contributed by atoms with van der Waals surface area (Å²) < 4.78 is 2.10. The highest BCUT2D eigenvalue weighted by atomic mass is 16.2. The van der Waals surface area contributed by atoms with Gasteiger partial charge in [0.2, 0.25) is 5.91 Å². The number of aryl methyl sites for hydroxylation is 1. The average molecular weight is 381 g/mol. The number of nitrogens with one attached hydrogen (secondary N) is 1. The Kier molecular flexibility index (Phi) is 5.18. The maximum absolute atomic E-state index is 12.3. The first kappa shape index (κ1) is 18.3. The van der Waals surface area contributed by atoms with E-state index in [9.17, 15) is 14.4 Å². The molecule has 4 rings (SSSR count). The first-order chi connectivity index (χ1) is 13.6. The number of hydrogen-bond acceptors (Lipinski definition) is 5. The van der Waals surface area contributed by atoms with Gasteiger partial charge in [0.15, 0.2) is 5.82 Å². The van der Waals surface area contributed by atoms with Crippen LogP contribution in [-0.2, 0) is 24.3 Å². The zero-order valence-corrected chi connectivity index (χ0v) is 15.7. The summed E-state index contributed by atoms with van der Waals surface area (Å²) in [6, 6.07) is 6.80. The van der Waals surface area contributed by atoms with Crippen LogP contribution in [0.5, 0.6) is 0 Å². The lowest BCUT2D eigenvalue weighted by molar-refractivity contribution is -0.121. The van der Waals surface area contributed by atoms with E-state index < -0.39 is 0 Å². The first-order valence-electron chi connectivity index (χ1n) is 9.78. The van der Waals surface area contributed by atoms with Gasteiger partial charge in [0.1, 0.15) is 5.82 Å². The van der Waals surface area contributed by atoms with Crippen molar-refractivity contribution >= 4 is 17.7 Å². The number of carbonyl (C=O) groups is 3. The van der Waals surface area contributed by atoms with Crippen molar-refractivity contribution in [2.45, 2.75) is 51.6 Å². The normalized spacial score (nSPS) is 15.9. The van der Waals surface area contributed by atoms with E-state index in [0.717, 1.165) is 37.5 Å². The highest BCUT2D eigenvalue weighted by Gasteiger charge is 2.34. The largest absolute Gasteiger partial charge is 0.349 e. The number of carbonyl (C=O) groups excluding carboxylic acids is 3. The average Bonchev–Trinajstić information content (AvgIpc) is 3.08. The molecule has 1 aromatic carbocycles. The lowest BCUT2D eigenvalue weighted by atomic mass is 10.1. The Morgan fingerprint density at radius 2 is 1.79 bits per heavy atom. The second-order valence-electron chi connectivity index (χ2n) is 7.18. The summed E-state index contributed by atoms with van der Waals surface area (Å²) in [6.45, 7) is 1.48. The smallest absolute Gasteiger partial charge is 0.261 e. The molecule has 3 amide bonds. The molecule has 0 fully saturated rings. The zero-order chi connectivity index (χ0) is 19.5. The number of benzene rings is 1. The molecule has 0 saturated heterocycles. The minimum absolute atomic E-state index is 0.123. The molecule has 2 aliphatic heterocycles. The van der Waals surface area contributed by atoms with Gasteiger partial charge >= 0.3 is 0 Å². The van der Waals surface area contributed by atoms with Gasteiger partial charge in [0.25, 0.3) is 11.8 Å². The van der Waals surface area contributed by atoms with E-state index in [1.165, 1.54) is 11.3 Å². The number of hydrogen-bond donors (Lipinski definition) is 1. The van der Waals surface area contributed by atoms with Crippen LogP contribution in [-0.4, -0.2) is 43.9 Å². The molecule has 2 aromatic rings. The first-order valence-corrected chi connectivity index (χ1v) is 9.78. The SMILES string of the molecule is O=C(CCCN1C(=O)c2ccccc2C1=O)NCc1nnc2n1CCCCC2. The Morgan fingerprint density at radius 3 is 2.54 bits per heavy atom. The van der Waals surface area contributed by atoms with Crippen molar-refractivity contribution in [1.82, 2.24) is 25.0 Å². The third-order valence-corrected chi connectivity index (χ3v) is 5.29. The van der Waals surface area contributed by atoms with E-state index in [4.69, 9.17) is 0 Å². The summed E-state index contributed by atoms with van der Waals surface area (Å²) in [4.78, 5) is 38.0. The summed E-state index contributed by atoms with van der Waals surface area (Å²) in [5.74, 6) is 1.08. The number of aromatic nitrogens is 3. The van der Waals surface area contributed by atoms with Gasteiger partial charge in [-0.15, -0.1) is 10.2 Å². The Morgan fingerprint density at radius 1 is 1.04 bits per heavy atom. The van der Waals surface area contributed by atoms with Crippen molar-refractivity contribution in [1.29, 1.82) is 0 Å². The van der Waals surface area contributed by atoms with Crippen molar-refractivity contribution in [2.75, 3.05) is 6.54 Å². The number of rotatable bonds is 6. The maximum Gasteiger partial charge on any atom is 0.261 e.